The van der Waals surface area contributed by atoms with E-state index in [1.807, 2.05) is 0 Å². The number of hydrogen-bond acceptors (Lipinski definition) is 0. The molecule has 0 atom stereocenters. The molecular weight excluding hydrogens is 138 g/mol. The van der Waals surface area contributed by atoms with Gasteiger partial charge in [0.25, 0.3) is 0 Å². The van der Waals surface area contributed by atoms with E-state index in [0.29, 0.717) is 0 Å². The Morgan fingerprint density at radius 1 is 0.700 bits per heavy atom. The van der Waals surface area contributed by atoms with Gasteiger partial charge in [-0.25, -0.2) is 0 Å². The fraction of sp³-hybridized carbons (Fsp3) is 1.00. The van der Waals surface area contributed by atoms with Crippen LogP contribution in [-0.4, -0.2) is 33.1 Å². The molecule has 0 saturated heterocycles. The molecule has 0 aromatic rings. The van der Waals surface area contributed by atoms with Gasteiger partial charge in [-0.05, 0) is 27.7 Å². The van der Waals surface area contributed by atoms with Crippen molar-refractivity contribution in [3.63, 3.8) is 0 Å². The SMILES string of the molecule is CC[P+](CC)(CC)CC.[BH4-]. The Morgan fingerprint density at radius 3 is 0.900 bits per heavy atom. The maximum atomic E-state index is 2.35. The summed E-state index contributed by atoms with van der Waals surface area (Å²) in [6.07, 6.45) is 5.82. The molecule has 0 N–H and O–H groups in total. The minimum Gasteiger partial charge on any atom is -0.0626 e. The van der Waals surface area contributed by atoms with Crippen LogP contribution in [0.5, 0.6) is 0 Å². The van der Waals surface area contributed by atoms with Crippen LogP contribution < -0.4 is 0 Å². The van der Waals surface area contributed by atoms with E-state index >= 15 is 0 Å². The van der Waals surface area contributed by atoms with Crippen LogP contribution in [-0.2, 0) is 0 Å². The highest BCUT2D eigenvalue weighted by molar-refractivity contribution is 7.75. The second-order valence-corrected chi connectivity index (χ2v) is 7.82. The molecule has 0 aliphatic rings. The first-order chi connectivity index (χ1) is 4.24. The summed E-state index contributed by atoms with van der Waals surface area (Å²) in [5.41, 5.74) is 0. The zero-order valence-electron chi connectivity index (χ0n) is 7.28. The topological polar surface area (TPSA) is 0 Å². The van der Waals surface area contributed by atoms with E-state index in [4.69, 9.17) is 0 Å². The summed E-state index contributed by atoms with van der Waals surface area (Å²) in [7, 11) is -0.420. The van der Waals surface area contributed by atoms with E-state index in [0.717, 1.165) is 0 Å². The summed E-state index contributed by atoms with van der Waals surface area (Å²) >= 11 is 0. The van der Waals surface area contributed by atoms with Crippen molar-refractivity contribution in [2.24, 2.45) is 0 Å². The lowest BCUT2D eigenvalue weighted by Gasteiger charge is -2.20. The minimum atomic E-state index is -0.420. The van der Waals surface area contributed by atoms with Gasteiger partial charge in [0.15, 0.2) is 0 Å². The Hall–Kier alpha value is 0.495. The monoisotopic (exact) mass is 162 g/mol. The maximum Gasteiger partial charge on any atom is 0.0565 e. The zero-order valence-corrected chi connectivity index (χ0v) is 8.17. The molecule has 0 aliphatic heterocycles. The van der Waals surface area contributed by atoms with Crippen molar-refractivity contribution in [3.8, 4) is 0 Å². The quantitative estimate of drug-likeness (QED) is 0.435. The van der Waals surface area contributed by atoms with Gasteiger partial charge in [0.2, 0.25) is 0 Å². The molecule has 0 radical (unpaired) electrons. The lowest BCUT2D eigenvalue weighted by molar-refractivity contribution is 1.25. The van der Waals surface area contributed by atoms with E-state index in [-0.39, 0.29) is 8.41 Å². The van der Waals surface area contributed by atoms with Gasteiger partial charge in [0, 0.05) is 7.26 Å². The van der Waals surface area contributed by atoms with Crippen LogP contribution in [0.4, 0.5) is 0 Å². The lowest BCUT2D eigenvalue weighted by atomic mass is 10.8. The van der Waals surface area contributed by atoms with Crippen LogP contribution in [0.25, 0.3) is 0 Å². The second-order valence-electron chi connectivity index (χ2n) is 2.61. The molecule has 0 aromatic heterocycles. The average molecular weight is 162 g/mol. The second kappa shape index (κ2) is 6.22. The molecule has 0 aliphatic carbocycles. The van der Waals surface area contributed by atoms with Gasteiger partial charge < -0.3 is 0 Å². The van der Waals surface area contributed by atoms with Crippen LogP contribution in [0.15, 0.2) is 0 Å². The van der Waals surface area contributed by atoms with Crippen LogP contribution in [0.3, 0.4) is 0 Å². The van der Waals surface area contributed by atoms with Crippen molar-refractivity contribution in [3.05, 3.63) is 0 Å². The van der Waals surface area contributed by atoms with E-state index in [1.165, 1.54) is 24.6 Å². The van der Waals surface area contributed by atoms with E-state index < -0.39 is 7.26 Å². The van der Waals surface area contributed by atoms with Gasteiger partial charge in [0.1, 0.15) is 0 Å². The maximum absolute atomic E-state index is 2.35. The Balaban J connectivity index is 0. The van der Waals surface area contributed by atoms with E-state index in [2.05, 4.69) is 27.7 Å². The molecule has 2 heteroatoms. The van der Waals surface area contributed by atoms with Crippen molar-refractivity contribution >= 4 is 15.7 Å². The predicted octanol–water partition coefficient (Wildman–Crippen LogP) is 1.63. The largest absolute Gasteiger partial charge is 0.0626 e. The van der Waals surface area contributed by atoms with Crippen LogP contribution in [0.2, 0.25) is 0 Å². The first-order valence-electron chi connectivity index (χ1n) is 4.09. The highest BCUT2D eigenvalue weighted by Crippen LogP contribution is 2.57. The van der Waals surface area contributed by atoms with Crippen molar-refractivity contribution in [1.29, 1.82) is 0 Å². The Kier molecular flexibility index (Phi) is 8.16. The van der Waals surface area contributed by atoms with Crippen LogP contribution in [0.1, 0.15) is 27.7 Å². The van der Waals surface area contributed by atoms with Gasteiger partial charge in [-0.2, -0.15) is 0 Å². The minimum absolute atomic E-state index is 0. The first-order valence-corrected chi connectivity index (χ1v) is 6.62. The molecule has 0 unspecified atom stereocenters. The van der Waals surface area contributed by atoms with Gasteiger partial charge in [-0.15, -0.1) is 0 Å². The average Bonchev–Trinajstić information content (AvgIpc) is 1.95. The van der Waals surface area contributed by atoms with Gasteiger partial charge in [-0.1, -0.05) is 8.41 Å². The molecule has 0 bridgehead atoms. The van der Waals surface area contributed by atoms with Crippen molar-refractivity contribution < 1.29 is 0 Å². The summed E-state index contributed by atoms with van der Waals surface area (Å²) in [5.74, 6) is 0. The molecule has 0 rings (SSSR count). The Bertz CT molecular complexity index is 52.1. The molecule has 0 heterocycles. The first kappa shape index (κ1) is 13.1. The Morgan fingerprint density at radius 2 is 0.900 bits per heavy atom. The fourth-order valence-electron chi connectivity index (χ4n) is 1.34. The van der Waals surface area contributed by atoms with Gasteiger partial charge >= 0.3 is 0 Å². The number of hydrogen-bond donors (Lipinski definition) is 0. The fourth-order valence-corrected chi connectivity index (χ4v) is 4.02. The highest BCUT2D eigenvalue weighted by atomic mass is 31.2. The molecule has 0 nitrogen and oxygen atoms in total. The lowest BCUT2D eigenvalue weighted by Crippen LogP contribution is -2.04. The number of rotatable bonds is 4. The molecule has 0 aromatic carbocycles. The van der Waals surface area contributed by atoms with Crippen LogP contribution >= 0.6 is 7.26 Å². The summed E-state index contributed by atoms with van der Waals surface area (Å²) in [4.78, 5) is 0. The molecule has 64 valence electrons. The third kappa shape index (κ3) is 3.06. The molecule has 0 amide bonds. The third-order valence-corrected chi connectivity index (χ3v) is 8.05. The highest BCUT2D eigenvalue weighted by Gasteiger charge is 2.27. The summed E-state index contributed by atoms with van der Waals surface area (Å²) < 4.78 is 0. The summed E-state index contributed by atoms with van der Waals surface area (Å²) in [6.45, 7) is 9.41. The van der Waals surface area contributed by atoms with Crippen molar-refractivity contribution in [1.82, 2.24) is 0 Å². The van der Waals surface area contributed by atoms with E-state index in [9.17, 15) is 0 Å². The molecular formula is C8H24BP. The normalized spacial score (nSPS) is 10.8. The Labute approximate surface area is 68.7 Å². The molecule has 0 spiro atoms. The van der Waals surface area contributed by atoms with Gasteiger partial charge in [0.05, 0.1) is 24.6 Å². The smallest absolute Gasteiger partial charge is 0.0565 e. The predicted molar refractivity (Wildman–Crippen MR) is 60.4 cm³/mol. The standard InChI is InChI=1S/C8H20P.BH4/c1-5-9(6-2,7-3)8-4;/h5-8H2,1-4H3;1H4/q+1;-1. The van der Waals surface area contributed by atoms with E-state index in [1.54, 1.807) is 0 Å². The van der Waals surface area contributed by atoms with Crippen molar-refractivity contribution in [2.75, 3.05) is 24.6 Å². The molecule has 0 fully saturated rings. The molecule has 10 heavy (non-hydrogen) atoms. The van der Waals surface area contributed by atoms with Crippen LogP contribution in [0, 0.1) is 0 Å². The zero-order chi connectivity index (χ0) is 7.33. The summed E-state index contributed by atoms with van der Waals surface area (Å²) in [5, 5.41) is 0. The third-order valence-electron chi connectivity index (χ3n) is 2.68. The van der Waals surface area contributed by atoms with Gasteiger partial charge in [-0.3, -0.25) is 0 Å². The molecule has 0 saturated carbocycles. The summed E-state index contributed by atoms with van der Waals surface area (Å²) in [6, 6.07) is 0. The van der Waals surface area contributed by atoms with Crippen molar-refractivity contribution in [2.45, 2.75) is 27.7 Å².